The second kappa shape index (κ2) is 8.65. The zero-order valence-corrected chi connectivity index (χ0v) is 15.3. The van der Waals surface area contributed by atoms with Gasteiger partial charge in [0.15, 0.2) is 5.75 Å². The van der Waals surface area contributed by atoms with Gasteiger partial charge < -0.3 is 9.84 Å². The fourth-order valence-corrected chi connectivity index (χ4v) is 2.53. The average molecular weight is 395 g/mol. The van der Waals surface area contributed by atoms with E-state index < -0.39 is 16.4 Å². The molecule has 1 heterocycles. The number of aromatic amines is 1. The first kappa shape index (κ1) is 19.5. The van der Waals surface area contributed by atoms with E-state index in [1.165, 1.54) is 18.3 Å². The number of anilines is 1. The van der Waals surface area contributed by atoms with Gasteiger partial charge in [-0.05, 0) is 13.0 Å². The third-order valence-corrected chi connectivity index (χ3v) is 3.77. The molecule has 0 spiro atoms. The lowest BCUT2D eigenvalue weighted by atomic mass is 10.1. The topological polar surface area (TPSA) is 143 Å². The second-order valence-corrected chi connectivity index (χ2v) is 5.79. The monoisotopic (exact) mass is 395 g/mol. The Morgan fingerprint density at radius 2 is 2.07 bits per heavy atom. The molecule has 0 saturated heterocycles. The summed E-state index contributed by atoms with van der Waals surface area (Å²) < 4.78 is 5.22. The van der Waals surface area contributed by atoms with Crippen molar-refractivity contribution in [2.75, 3.05) is 12.0 Å². The number of phenols is 1. The standard InChI is InChI=1S/C19H17N5O5/c1-2-29-16-9-12(8-15(18(16)26)24(27)28)11-20-23-19-21-14(10-17(25)22-19)13-6-4-3-5-7-13/h3-11,26H,2H2,1H3,(H2,21,22,23,25)/b20-11+. The molecular weight excluding hydrogens is 378 g/mol. The Kier molecular flexibility index (Phi) is 5.83. The Labute approximate surface area is 164 Å². The van der Waals surface area contributed by atoms with Crippen molar-refractivity contribution in [1.82, 2.24) is 9.97 Å². The largest absolute Gasteiger partial charge is 0.500 e. The molecule has 0 amide bonds. The van der Waals surface area contributed by atoms with Gasteiger partial charge in [0, 0.05) is 23.3 Å². The van der Waals surface area contributed by atoms with Gasteiger partial charge in [-0.25, -0.2) is 10.4 Å². The minimum absolute atomic E-state index is 0.0271. The minimum atomic E-state index is -0.717. The summed E-state index contributed by atoms with van der Waals surface area (Å²) in [6.45, 7) is 1.91. The maximum Gasteiger partial charge on any atom is 0.315 e. The summed E-state index contributed by atoms with van der Waals surface area (Å²) in [5, 5.41) is 25.0. The van der Waals surface area contributed by atoms with Crippen molar-refractivity contribution >= 4 is 17.9 Å². The van der Waals surface area contributed by atoms with Gasteiger partial charge in [-0.2, -0.15) is 5.10 Å². The summed E-state index contributed by atoms with van der Waals surface area (Å²) in [4.78, 5) is 29.1. The van der Waals surface area contributed by atoms with Crippen LogP contribution in [-0.4, -0.2) is 32.8 Å². The fraction of sp³-hybridized carbons (Fsp3) is 0.105. The van der Waals surface area contributed by atoms with E-state index in [4.69, 9.17) is 4.74 Å². The highest BCUT2D eigenvalue weighted by molar-refractivity contribution is 5.83. The number of ether oxygens (including phenoxy) is 1. The van der Waals surface area contributed by atoms with Crippen molar-refractivity contribution in [3.63, 3.8) is 0 Å². The van der Waals surface area contributed by atoms with E-state index in [-0.39, 0.29) is 23.9 Å². The normalized spacial score (nSPS) is 10.8. The van der Waals surface area contributed by atoms with Gasteiger partial charge in [-0.1, -0.05) is 30.3 Å². The zero-order valence-electron chi connectivity index (χ0n) is 15.3. The molecular formula is C19H17N5O5. The first-order valence-corrected chi connectivity index (χ1v) is 8.58. The summed E-state index contributed by atoms with van der Waals surface area (Å²) in [6, 6.07) is 13.1. The van der Waals surface area contributed by atoms with Crippen LogP contribution in [0.15, 0.2) is 58.4 Å². The van der Waals surface area contributed by atoms with Crippen molar-refractivity contribution in [2.45, 2.75) is 6.92 Å². The highest BCUT2D eigenvalue weighted by Crippen LogP contribution is 2.36. The molecule has 29 heavy (non-hydrogen) atoms. The molecule has 0 fully saturated rings. The Morgan fingerprint density at radius 3 is 2.76 bits per heavy atom. The fourth-order valence-electron chi connectivity index (χ4n) is 2.53. The van der Waals surface area contributed by atoms with Crippen LogP contribution in [0.5, 0.6) is 11.5 Å². The number of rotatable bonds is 7. The Morgan fingerprint density at radius 1 is 1.31 bits per heavy atom. The number of benzene rings is 2. The van der Waals surface area contributed by atoms with E-state index in [2.05, 4.69) is 20.5 Å². The Bertz CT molecular complexity index is 1110. The van der Waals surface area contributed by atoms with Crippen LogP contribution in [0.25, 0.3) is 11.3 Å². The van der Waals surface area contributed by atoms with Gasteiger partial charge in [0.05, 0.1) is 23.4 Å². The number of nitrogens with one attached hydrogen (secondary N) is 2. The van der Waals surface area contributed by atoms with Crippen molar-refractivity contribution in [3.05, 3.63) is 74.6 Å². The SMILES string of the molecule is CCOc1cc(/C=N/Nc2nc(-c3ccccc3)cc(=O)[nH]2)cc([N+](=O)[O-])c1O. The molecule has 0 unspecified atom stereocenters. The Balaban J connectivity index is 1.86. The molecule has 3 aromatic rings. The zero-order chi connectivity index (χ0) is 20.8. The van der Waals surface area contributed by atoms with Crippen molar-refractivity contribution in [1.29, 1.82) is 0 Å². The average Bonchev–Trinajstić information content (AvgIpc) is 2.70. The predicted octanol–water partition coefficient (Wildman–Crippen LogP) is 2.90. The van der Waals surface area contributed by atoms with Gasteiger partial charge in [-0.15, -0.1) is 0 Å². The van der Waals surface area contributed by atoms with Crippen LogP contribution in [0.2, 0.25) is 0 Å². The van der Waals surface area contributed by atoms with Crippen molar-refractivity contribution in [3.8, 4) is 22.8 Å². The summed E-state index contributed by atoms with van der Waals surface area (Å²) in [5.41, 5.74) is 3.26. The van der Waals surface area contributed by atoms with E-state index in [0.717, 1.165) is 11.6 Å². The second-order valence-electron chi connectivity index (χ2n) is 5.79. The summed E-state index contributed by atoms with van der Waals surface area (Å²) in [5.74, 6) is -0.477. The van der Waals surface area contributed by atoms with Crippen LogP contribution in [0.4, 0.5) is 11.6 Å². The van der Waals surface area contributed by atoms with E-state index >= 15 is 0 Å². The van der Waals surface area contributed by atoms with Crippen LogP contribution < -0.4 is 15.7 Å². The Hall–Kier alpha value is -4.21. The predicted molar refractivity (Wildman–Crippen MR) is 107 cm³/mol. The molecule has 0 aliphatic rings. The van der Waals surface area contributed by atoms with Gasteiger partial charge in [0.1, 0.15) is 0 Å². The first-order valence-electron chi connectivity index (χ1n) is 8.58. The van der Waals surface area contributed by atoms with E-state index in [9.17, 15) is 20.0 Å². The maximum atomic E-state index is 11.9. The highest BCUT2D eigenvalue weighted by Gasteiger charge is 2.19. The number of hydrogen-bond donors (Lipinski definition) is 3. The van der Waals surface area contributed by atoms with Crippen LogP contribution in [0, 0.1) is 10.1 Å². The minimum Gasteiger partial charge on any atom is -0.500 e. The number of nitrogens with zero attached hydrogens (tertiary/aromatic N) is 3. The molecule has 3 N–H and O–H groups in total. The summed E-state index contributed by atoms with van der Waals surface area (Å²) in [7, 11) is 0. The third kappa shape index (κ3) is 4.75. The number of aromatic nitrogens is 2. The first-order chi connectivity index (χ1) is 14.0. The molecule has 10 heteroatoms. The molecule has 0 bridgehead atoms. The van der Waals surface area contributed by atoms with Crippen LogP contribution in [0.3, 0.4) is 0 Å². The molecule has 0 saturated carbocycles. The van der Waals surface area contributed by atoms with E-state index in [1.54, 1.807) is 6.92 Å². The molecule has 0 aliphatic heterocycles. The van der Waals surface area contributed by atoms with Crippen LogP contribution in [0.1, 0.15) is 12.5 Å². The maximum absolute atomic E-state index is 11.9. The van der Waals surface area contributed by atoms with Crippen LogP contribution >= 0.6 is 0 Å². The number of aromatic hydroxyl groups is 1. The van der Waals surface area contributed by atoms with Crippen molar-refractivity contribution < 1.29 is 14.8 Å². The number of nitro benzene ring substituents is 1. The van der Waals surface area contributed by atoms with Gasteiger partial charge in [-0.3, -0.25) is 19.9 Å². The molecule has 148 valence electrons. The number of hydrazone groups is 1. The number of nitro groups is 1. The van der Waals surface area contributed by atoms with Gasteiger partial charge in [0.2, 0.25) is 11.7 Å². The quantitative estimate of drug-likeness (QED) is 0.317. The number of phenolic OH excluding ortho intramolecular Hbond substituents is 1. The lowest BCUT2D eigenvalue weighted by molar-refractivity contribution is -0.386. The summed E-state index contributed by atoms with van der Waals surface area (Å²) >= 11 is 0. The van der Waals surface area contributed by atoms with Crippen molar-refractivity contribution in [2.24, 2.45) is 5.10 Å². The summed E-state index contributed by atoms with van der Waals surface area (Å²) in [6.07, 6.45) is 1.28. The molecule has 0 radical (unpaired) electrons. The van der Waals surface area contributed by atoms with E-state index in [0.29, 0.717) is 11.3 Å². The lowest BCUT2D eigenvalue weighted by Crippen LogP contribution is -2.10. The molecule has 10 nitrogen and oxygen atoms in total. The molecule has 0 atom stereocenters. The van der Waals surface area contributed by atoms with Gasteiger partial charge in [0.25, 0.3) is 5.56 Å². The molecule has 2 aromatic carbocycles. The van der Waals surface area contributed by atoms with E-state index in [1.807, 2.05) is 30.3 Å². The number of H-pyrrole nitrogens is 1. The molecule has 1 aromatic heterocycles. The lowest BCUT2D eigenvalue weighted by Gasteiger charge is -2.07. The third-order valence-electron chi connectivity index (χ3n) is 3.77. The van der Waals surface area contributed by atoms with Crippen LogP contribution in [-0.2, 0) is 0 Å². The highest BCUT2D eigenvalue weighted by atomic mass is 16.6. The number of hydrogen-bond acceptors (Lipinski definition) is 8. The van der Waals surface area contributed by atoms with Gasteiger partial charge >= 0.3 is 5.69 Å². The molecule has 0 aliphatic carbocycles. The molecule has 3 rings (SSSR count). The smallest absolute Gasteiger partial charge is 0.315 e.